The van der Waals surface area contributed by atoms with Crippen molar-refractivity contribution in [3.8, 4) is 0 Å². The maximum absolute atomic E-state index is 12.9. The van der Waals surface area contributed by atoms with E-state index >= 15 is 0 Å². The lowest BCUT2D eigenvalue weighted by atomic mass is 10.1. The van der Waals surface area contributed by atoms with Crippen molar-refractivity contribution in [3.05, 3.63) is 70.5 Å². The van der Waals surface area contributed by atoms with Gasteiger partial charge >= 0.3 is 0 Å². The summed E-state index contributed by atoms with van der Waals surface area (Å²) in [7, 11) is 0. The standard InChI is InChI=1S/C18H16FN3OS/c1-11-3-8-15(12(2)9-11)21-18-22-16(10-24-18)17(23)20-14-6-4-13(19)5-7-14/h3-10H,1-2H3,(H,20,23)(H,21,22). The maximum atomic E-state index is 12.9. The molecule has 0 radical (unpaired) electrons. The quantitative estimate of drug-likeness (QED) is 0.710. The second-order valence-electron chi connectivity index (χ2n) is 5.44. The zero-order valence-corrected chi connectivity index (χ0v) is 14.1. The van der Waals surface area contributed by atoms with Crippen LogP contribution in [-0.2, 0) is 0 Å². The minimum Gasteiger partial charge on any atom is -0.331 e. The Morgan fingerprint density at radius 3 is 2.58 bits per heavy atom. The van der Waals surface area contributed by atoms with E-state index in [4.69, 9.17) is 0 Å². The van der Waals surface area contributed by atoms with Gasteiger partial charge in [-0.2, -0.15) is 0 Å². The van der Waals surface area contributed by atoms with Gasteiger partial charge in [0.25, 0.3) is 5.91 Å². The largest absolute Gasteiger partial charge is 0.331 e. The molecule has 1 amide bonds. The molecule has 0 spiro atoms. The number of carbonyl (C=O) groups excluding carboxylic acids is 1. The lowest BCUT2D eigenvalue weighted by Crippen LogP contribution is -2.12. The highest BCUT2D eigenvalue weighted by atomic mass is 32.1. The highest BCUT2D eigenvalue weighted by Crippen LogP contribution is 2.24. The van der Waals surface area contributed by atoms with E-state index in [1.54, 1.807) is 5.38 Å². The number of thiazole rings is 1. The van der Waals surface area contributed by atoms with Crippen molar-refractivity contribution in [1.82, 2.24) is 4.98 Å². The number of aryl methyl sites for hydroxylation is 2. The summed E-state index contributed by atoms with van der Waals surface area (Å²) in [6.45, 7) is 4.06. The summed E-state index contributed by atoms with van der Waals surface area (Å²) in [5, 5.41) is 8.25. The molecule has 0 fully saturated rings. The Bertz CT molecular complexity index is 874. The molecule has 24 heavy (non-hydrogen) atoms. The molecular weight excluding hydrogens is 325 g/mol. The van der Waals surface area contributed by atoms with Gasteiger partial charge in [-0.05, 0) is 49.7 Å². The number of nitrogens with one attached hydrogen (secondary N) is 2. The first kappa shape index (κ1) is 16.1. The maximum Gasteiger partial charge on any atom is 0.275 e. The van der Waals surface area contributed by atoms with E-state index in [0.717, 1.165) is 11.3 Å². The average molecular weight is 341 g/mol. The summed E-state index contributed by atoms with van der Waals surface area (Å²) in [4.78, 5) is 16.5. The molecular formula is C18H16FN3OS. The molecule has 4 nitrogen and oxygen atoms in total. The lowest BCUT2D eigenvalue weighted by molar-refractivity contribution is 0.102. The van der Waals surface area contributed by atoms with Gasteiger partial charge in [-0.3, -0.25) is 4.79 Å². The monoisotopic (exact) mass is 341 g/mol. The van der Waals surface area contributed by atoms with Crippen LogP contribution in [-0.4, -0.2) is 10.9 Å². The summed E-state index contributed by atoms with van der Waals surface area (Å²) in [5.74, 6) is -0.673. The first-order valence-electron chi connectivity index (χ1n) is 7.38. The molecule has 0 aliphatic heterocycles. The van der Waals surface area contributed by atoms with Gasteiger partial charge in [0.15, 0.2) is 5.13 Å². The molecule has 0 saturated heterocycles. The van der Waals surface area contributed by atoms with Crippen LogP contribution in [0.1, 0.15) is 21.6 Å². The van der Waals surface area contributed by atoms with Crippen molar-refractivity contribution in [2.75, 3.05) is 10.6 Å². The van der Waals surface area contributed by atoms with E-state index in [9.17, 15) is 9.18 Å². The number of anilines is 3. The third-order valence-corrected chi connectivity index (χ3v) is 4.22. The Kier molecular flexibility index (Phi) is 4.57. The van der Waals surface area contributed by atoms with Crippen molar-refractivity contribution in [2.24, 2.45) is 0 Å². The summed E-state index contributed by atoms with van der Waals surface area (Å²) in [6, 6.07) is 11.7. The number of aromatic nitrogens is 1. The molecule has 3 aromatic rings. The fraction of sp³-hybridized carbons (Fsp3) is 0.111. The van der Waals surface area contributed by atoms with Crippen LogP contribution in [0.4, 0.5) is 20.9 Å². The van der Waals surface area contributed by atoms with Gasteiger partial charge in [0.05, 0.1) is 0 Å². The van der Waals surface area contributed by atoms with Gasteiger partial charge in [0, 0.05) is 16.8 Å². The SMILES string of the molecule is Cc1ccc(Nc2nc(C(=O)Nc3ccc(F)cc3)cs2)c(C)c1. The molecule has 0 unspecified atom stereocenters. The first-order valence-corrected chi connectivity index (χ1v) is 8.26. The smallest absolute Gasteiger partial charge is 0.275 e. The fourth-order valence-corrected chi connectivity index (χ4v) is 2.94. The normalized spacial score (nSPS) is 10.5. The number of benzene rings is 2. The number of nitrogens with zero attached hydrogens (tertiary/aromatic N) is 1. The predicted molar refractivity (Wildman–Crippen MR) is 95.7 cm³/mol. The molecule has 1 heterocycles. The van der Waals surface area contributed by atoms with Crippen LogP contribution >= 0.6 is 11.3 Å². The highest BCUT2D eigenvalue weighted by Gasteiger charge is 2.12. The fourth-order valence-electron chi connectivity index (χ4n) is 2.23. The summed E-state index contributed by atoms with van der Waals surface area (Å²) < 4.78 is 12.9. The highest BCUT2D eigenvalue weighted by molar-refractivity contribution is 7.14. The molecule has 2 N–H and O–H groups in total. The second kappa shape index (κ2) is 6.80. The lowest BCUT2D eigenvalue weighted by Gasteiger charge is -2.07. The summed E-state index contributed by atoms with van der Waals surface area (Å²) >= 11 is 1.36. The van der Waals surface area contributed by atoms with Crippen molar-refractivity contribution < 1.29 is 9.18 Å². The molecule has 0 aliphatic carbocycles. The molecule has 2 aromatic carbocycles. The minimum atomic E-state index is -0.346. The molecule has 0 bridgehead atoms. The molecule has 0 saturated carbocycles. The van der Waals surface area contributed by atoms with Gasteiger partial charge in [0.2, 0.25) is 0 Å². The average Bonchev–Trinajstić information content (AvgIpc) is 3.01. The Labute approximate surface area is 143 Å². The van der Waals surface area contributed by atoms with E-state index in [1.807, 2.05) is 26.0 Å². The second-order valence-corrected chi connectivity index (χ2v) is 6.30. The van der Waals surface area contributed by atoms with Crippen LogP contribution in [0.25, 0.3) is 0 Å². The van der Waals surface area contributed by atoms with Crippen molar-refractivity contribution >= 4 is 33.8 Å². The van der Waals surface area contributed by atoms with Crippen molar-refractivity contribution in [1.29, 1.82) is 0 Å². The predicted octanol–water partition coefficient (Wildman–Crippen LogP) is 4.89. The van der Waals surface area contributed by atoms with E-state index in [2.05, 4.69) is 21.7 Å². The Morgan fingerprint density at radius 2 is 1.88 bits per heavy atom. The number of halogens is 1. The third-order valence-electron chi connectivity index (χ3n) is 3.46. The van der Waals surface area contributed by atoms with E-state index in [0.29, 0.717) is 16.5 Å². The van der Waals surface area contributed by atoms with Crippen molar-refractivity contribution in [2.45, 2.75) is 13.8 Å². The van der Waals surface area contributed by atoms with Crippen LogP contribution in [0.5, 0.6) is 0 Å². The Morgan fingerprint density at radius 1 is 1.12 bits per heavy atom. The molecule has 0 atom stereocenters. The molecule has 6 heteroatoms. The molecule has 122 valence electrons. The van der Waals surface area contributed by atoms with Crippen molar-refractivity contribution in [3.63, 3.8) is 0 Å². The molecule has 1 aromatic heterocycles. The van der Waals surface area contributed by atoms with E-state index in [1.165, 1.54) is 41.2 Å². The Hall–Kier alpha value is -2.73. The number of amides is 1. The van der Waals surface area contributed by atoms with Crippen LogP contribution < -0.4 is 10.6 Å². The molecule has 0 aliphatic rings. The minimum absolute atomic E-state index is 0.316. The van der Waals surface area contributed by atoms with Gasteiger partial charge < -0.3 is 10.6 Å². The van der Waals surface area contributed by atoms with Crippen LogP contribution in [0, 0.1) is 19.7 Å². The number of carbonyl (C=O) groups is 1. The van der Waals surface area contributed by atoms with Gasteiger partial charge in [-0.25, -0.2) is 9.37 Å². The Balaban J connectivity index is 1.70. The van der Waals surface area contributed by atoms with Gasteiger partial charge in [0.1, 0.15) is 11.5 Å². The van der Waals surface area contributed by atoms with E-state index < -0.39 is 0 Å². The van der Waals surface area contributed by atoms with Crippen LogP contribution in [0.15, 0.2) is 47.8 Å². The van der Waals surface area contributed by atoms with Gasteiger partial charge in [-0.1, -0.05) is 17.7 Å². The van der Waals surface area contributed by atoms with E-state index in [-0.39, 0.29) is 11.7 Å². The zero-order chi connectivity index (χ0) is 17.1. The number of hydrogen-bond donors (Lipinski definition) is 2. The topological polar surface area (TPSA) is 54.0 Å². The molecule has 3 rings (SSSR count). The summed E-state index contributed by atoms with van der Waals surface area (Å²) in [5.41, 5.74) is 4.11. The van der Waals surface area contributed by atoms with Crippen LogP contribution in [0.2, 0.25) is 0 Å². The third kappa shape index (κ3) is 3.78. The summed E-state index contributed by atoms with van der Waals surface area (Å²) in [6.07, 6.45) is 0. The zero-order valence-electron chi connectivity index (χ0n) is 13.3. The first-order chi connectivity index (χ1) is 11.5. The van der Waals surface area contributed by atoms with Gasteiger partial charge in [-0.15, -0.1) is 11.3 Å². The number of rotatable bonds is 4. The van der Waals surface area contributed by atoms with Crippen LogP contribution in [0.3, 0.4) is 0 Å². The number of hydrogen-bond acceptors (Lipinski definition) is 4.